The summed E-state index contributed by atoms with van der Waals surface area (Å²) in [5, 5.41) is 11.4. The number of carbonyl (C=O) groups is 4. The van der Waals surface area contributed by atoms with Crippen molar-refractivity contribution >= 4 is 23.1 Å². The Morgan fingerprint density at radius 1 is 0.930 bits per heavy atom. The van der Waals surface area contributed by atoms with Crippen molar-refractivity contribution in [2.24, 2.45) is 44.8 Å². The first kappa shape index (κ1) is 31.8. The zero-order valence-electron chi connectivity index (χ0n) is 27.6. The van der Waals surface area contributed by atoms with Crippen molar-refractivity contribution in [1.82, 2.24) is 0 Å². The van der Waals surface area contributed by atoms with Gasteiger partial charge in [0.15, 0.2) is 28.5 Å². The number of benzene rings is 1. The number of rotatable bonds is 8. The van der Waals surface area contributed by atoms with Gasteiger partial charge < -0.3 is 5.11 Å². The van der Waals surface area contributed by atoms with E-state index in [1.165, 1.54) is 5.57 Å². The van der Waals surface area contributed by atoms with Gasteiger partial charge in [-0.15, -0.1) is 0 Å². The molecule has 5 heteroatoms. The van der Waals surface area contributed by atoms with Crippen LogP contribution in [0, 0.1) is 44.8 Å². The normalized spacial score (nSPS) is 36.0. The average Bonchev–Trinajstić information content (AvgIpc) is 3.07. The van der Waals surface area contributed by atoms with Crippen LogP contribution in [0.2, 0.25) is 0 Å². The highest BCUT2D eigenvalue weighted by Gasteiger charge is 2.86. The second-order valence-corrected chi connectivity index (χ2v) is 16.2. The fourth-order valence-corrected chi connectivity index (χ4v) is 10.2. The highest BCUT2D eigenvalue weighted by molar-refractivity contribution is 6.42. The van der Waals surface area contributed by atoms with Crippen LogP contribution in [0.5, 0.6) is 0 Å². The number of carbonyl (C=O) groups excluding carboxylic acids is 4. The van der Waals surface area contributed by atoms with E-state index in [0.29, 0.717) is 18.4 Å². The Labute approximate surface area is 257 Å². The molecule has 0 saturated heterocycles. The Balaban J connectivity index is 1.78. The smallest absolute Gasteiger partial charge is 0.184 e. The molecule has 6 rings (SSSR count). The maximum atomic E-state index is 15.5. The fourth-order valence-electron chi connectivity index (χ4n) is 10.2. The molecule has 5 saturated carbocycles. The van der Waals surface area contributed by atoms with E-state index < -0.39 is 50.0 Å². The van der Waals surface area contributed by atoms with E-state index in [-0.39, 0.29) is 36.4 Å². The fraction of sp³-hybridized carbons (Fsp3) is 0.632. The molecule has 0 aromatic heterocycles. The van der Waals surface area contributed by atoms with Gasteiger partial charge in [0.25, 0.3) is 0 Å². The first-order valence-corrected chi connectivity index (χ1v) is 16.1. The van der Waals surface area contributed by atoms with Crippen LogP contribution in [-0.2, 0) is 14.4 Å². The largest absolute Gasteiger partial charge is 0.390 e. The number of aliphatic hydroxyl groups is 1. The van der Waals surface area contributed by atoms with Crippen molar-refractivity contribution < 1.29 is 24.3 Å². The standard InChI is InChI=1S/C38H50O5/c1-23(2)14-13-15-24(3)18-19-36-21-26-20-27-33(4,5)28(35(8,9)43)22-37(27,30(36)40)32(42)38(31(36)41,34(26,6)7)29(39)25-16-11-10-12-17-25/h10-12,14,16-18,26-28,43H,13,15,19-22H2,1-9H3/b24-18+/t26-,27+,28-,36-,37+,38-/m1/s1. The molecule has 1 N–H and O–H groups in total. The minimum Gasteiger partial charge on any atom is -0.390 e. The van der Waals surface area contributed by atoms with Crippen LogP contribution in [0.1, 0.15) is 111 Å². The average molecular weight is 587 g/mol. The molecule has 5 nitrogen and oxygen atoms in total. The van der Waals surface area contributed by atoms with Crippen molar-refractivity contribution in [2.45, 2.75) is 106 Å². The van der Waals surface area contributed by atoms with E-state index >= 15 is 14.4 Å². The quantitative estimate of drug-likeness (QED) is 0.193. The molecule has 1 aromatic rings. The van der Waals surface area contributed by atoms with E-state index in [9.17, 15) is 9.90 Å². The van der Waals surface area contributed by atoms with Gasteiger partial charge in [-0.1, -0.05) is 81.3 Å². The molecule has 5 aliphatic carbocycles. The van der Waals surface area contributed by atoms with Crippen LogP contribution in [-0.4, -0.2) is 33.8 Å². The van der Waals surface area contributed by atoms with Gasteiger partial charge in [-0.05, 0) is 102 Å². The van der Waals surface area contributed by atoms with Crippen molar-refractivity contribution in [3.63, 3.8) is 0 Å². The minimum atomic E-state index is -1.96. The van der Waals surface area contributed by atoms with Crippen LogP contribution in [0.4, 0.5) is 0 Å². The molecule has 0 amide bonds. The van der Waals surface area contributed by atoms with Gasteiger partial charge in [-0.3, -0.25) is 19.2 Å². The summed E-state index contributed by atoms with van der Waals surface area (Å²) in [4.78, 5) is 60.8. The molecule has 0 radical (unpaired) electrons. The molecule has 1 aromatic carbocycles. The third-order valence-corrected chi connectivity index (χ3v) is 12.5. The number of hydrogen-bond donors (Lipinski definition) is 1. The van der Waals surface area contributed by atoms with E-state index in [1.807, 2.05) is 32.9 Å². The molecule has 232 valence electrons. The second kappa shape index (κ2) is 9.92. The zero-order chi connectivity index (χ0) is 32.0. The van der Waals surface area contributed by atoms with E-state index in [0.717, 1.165) is 18.4 Å². The molecule has 43 heavy (non-hydrogen) atoms. The van der Waals surface area contributed by atoms with Gasteiger partial charge in [-0.2, -0.15) is 0 Å². The lowest BCUT2D eigenvalue weighted by Gasteiger charge is -2.60. The molecular formula is C38H50O5. The van der Waals surface area contributed by atoms with Gasteiger partial charge in [0.1, 0.15) is 0 Å². The predicted molar refractivity (Wildman–Crippen MR) is 168 cm³/mol. The summed E-state index contributed by atoms with van der Waals surface area (Å²) in [6.07, 6.45) is 7.19. The SMILES string of the molecule is CC(C)=CCC/C(C)=C/C[C@@]12C[C@H]3C[C@H]4C(C)(C)[C@H](C(C)(C)O)C[C@]4(C1=O)C(=O)[C@@](C(=O)c1ccccc1)(C2=O)C3(C)C. The summed E-state index contributed by atoms with van der Waals surface area (Å²) < 4.78 is 0. The molecule has 4 bridgehead atoms. The molecular weight excluding hydrogens is 536 g/mol. The number of Topliss-reactive ketones (excluding diaryl/α,β-unsaturated/α-hetero) is 4. The Kier molecular flexibility index (Phi) is 7.33. The lowest BCUT2D eigenvalue weighted by molar-refractivity contribution is -0.181. The first-order valence-electron chi connectivity index (χ1n) is 16.1. The van der Waals surface area contributed by atoms with Gasteiger partial charge in [-0.25, -0.2) is 0 Å². The zero-order valence-corrected chi connectivity index (χ0v) is 27.6. The van der Waals surface area contributed by atoms with Crippen LogP contribution in [0.3, 0.4) is 0 Å². The van der Waals surface area contributed by atoms with Crippen molar-refractivity contribution in [3.05, 3.63) is 59.2 Å². The first-order chi connectivity index (χ1) is 19.8. The van der Waals surface area contributed by atoms with Gasteiger partial charge in [0, 0.05) is 5.56 Å². The molecule has 5 fully saturated rings. The van der Waals surface area contributed by atoms with E-state index in [2.05, 4.69) is 33.8 Å². The number of ketones is 4. The predicted octanol–water partition coefficient (Wildman–Crippen LogP) is 7.52. The summed E-state index contributed by atoms with van der Waals surface area (Å²) in [7, 11) is 0. The third kappa shape index (κ3) is 4.05. The molecule has 0 heterocycles. The summed E-state index contributed by atoms with van der Waals surface area (Å²) in [5.41, 5.74) is -4.92. The Morgan fingerprint density at radius 3 is 2.14 bits per heavy atom. The van der Waals surface area contributed by atoms with Gasteiger partial charge in [0.2, 0.25) is 0 Å². The number of hydrogen-bond acceptors (Lipinski definition) is 5. The van der Waals surface area contributed by atoms with Crippen LogP contribution >= 0.6 is 0 Å². The van der Waals surface area contributed by atoms with Crippen molar-refractivity contribution in [1.29, 1.82) is 0 Å². The summed E-state index contributed by atoms with van der Waals surface area (Å²) in [6, 6.07) is 8.69. The monoisotopic (exact) mass is 586 g/mol. The second-order valence-electron chi connectivity index (χ2n) is 16.2. The van der Waals surface area contributed by atoms with Crippen LogP contribution < -0.4 is 0 Å². The maximum Gasteiger partial charge on any atom is 0.184 e. The highest BCUT2D eigenvalue weighted by Crippen LogP contribution is 2.77. The Bertz CT molecular complexity index is 1430. The lowest BCUT2D eigenvalue weighted by atomic mass is 9.37. The Morgan fingerprint density at radius 2 is 1.56 bits per heavy atom. The molecule has 0 unspecified atom stereocenters. The Hall–Kier alpha value is -2.66. The molecule has 6 atom stereocenters. The summed E-state index contributed by atoms with van der Waals surface area (Å²) >= 11 is 0. The van der Waals surface area contributed by atoms with Crippen LogP contribution in [0.15, 0.2) is 53.6 Å². The molecule has 0 aliphatic heterocycles. The number of allylic oxidation sites excluding steroid dienone is 4. The van der Waals surface area contributed by atoms with Crippen LogP contribution in [0.25, 0.3) is 0 Å². The third-order valence-electron chi connectivity index (χ3n) is 12.5. The molecule has 5 aliphatic rings. The summed E-state index contributed by atoms with van der Waals surface area (Å²) in [5.74, 6) is -2.67. The van der Waals surface area contributed by atoms with E-state index in [1.54, 1.807) is 38.1 Å². The minimum absolute atomic E-state index is 0.163. The lowest BCUT2D eigenvalue weighted by Crippen LogP contribution is -2.75. The van der Waals surface area contributed by atoms with Gasteiger partial charge in [0.05, 0.1) is 16.4 Å². The topological polar surface area (TPSA) is 88.5 Å². The highest BCUT2D eigenvalue weighted by atomic mass is 16.3. The molecule has 1 spiro atoms. The van der Waals surface area contributed by atoms with Crippen molar-refractivity contribution in [3.8, 4) is 0 Å². The van der Waals surface area contributed by atoms with Crippen molar-refractivity contribution in [2.75, 3.05) is 0 Å². The maximum absolute atomic E-state index is 15.5. The summed E-state index contributed by atoms with van der Waals surface area (Å²) in [6.45, 7) is 17.7. The van der Waals surface area contributed by atoms with E-state index in [4.69, 9.17) is 0 Å². The van der Waals surface area contributed by atoms with Gasteiger partial charge >= 0.3 is 0 Å².